The number of rotatable bonds is 7. The third-order valence-corrected chi connectivity index (χ3v) is 6.99. The van der Waals surface area contributed by atoms with Crippen LogP contribution in [0.25, 0.3) is 0 Å². The van der Waals surface area contributed by atoms with Crippen molar-refractivity contribution in [3.05, 3.63) is 0 Å². The molecule has 2 unspecified atom stereocenters. The average molecular weight is 368 g/mol. The molecule has 2 aliphatic heterocycles. The second-order valence-electron chi connectivity index (χ2n) is 5.76. The Morgan fingerprint density at radius 3 is 2.61 bits per heavy atom. The maximum absolute atomic E-state index is 11.8. The van der Waals surface area contributed by atoms with Gasteiger partial charge in [-0.2, -0.15) is 0 Å². The van der Waals surface area contributed by atoms with Crippen LogP contribution in [0.3, 0.4) is 0 Å². The van der Waals surface area contributed by atoms with E-state index >= 15 is 0 Å². The van der Waals surface area contributed by atoms with E-state index in [-0.39, 0.29) is 6.42 Å². The monoisotopic (exact) mass is 368 g/mol. The Morgan fingerprint density at radius 1 is 1.17 bits per heavy atom. The van der Waals surface area contributed by atoms with Gasteiger partial charge in [0.05, 0.1) is 6.61 Å². The van der Waals surface area contributed by atoms with Crippen LogP contribution in [0, 0.1) is 0 Å². The highest BCUT2D eigenvalue weighted by molar-refractivity contribution is 8.77. The molecule has 0 spiro atoms. The fraction of sp³-hybridized carbons (Fsp3) is 0.929. The second kappa shape index (κ2) is 9.45. The quantitative estimate of drug-likeness (QED) is 0.281. The number of esters is 1. The van der Waals surface area contributed by atoms with Gasteiger partial charge in [-0.15, -0.1) is 0 Å². The molecule has 0 aromatic carbocycles. The molecule has 2 saturated heterocycles. The van der Waals surface area contributed by atoms with Gasteiger partial charge in [0.25, 0.3) is 0 Å². The Morgan fingerprint density at radius 2 is 1.96 bits per heavy atom. The molecule has 7 nitrogen and oxygen atoms in total. The van der Waals surface area contributed by atoms with E-state index < -0.39 is 43.3 Å². The van der Waals surface area contributed by atoms with Crippen molar-refractivity contribution in [1.82, 2.24) is 0 Å². The first-order valence-electron chi connectivity index (χ1n) is 7.81. The summed E-state index contributed by atoms with van der Waals surface area (Å²) in [4.78, 5) is 11.8. The fourth-order valence-electron chi connectivity index (χ4n) is 2.56. The van der Waals surface area contributed by atoms with Crippen LogP contribution in [0.15, 0.2) is 0 Å². The van der Waals surface area contributed by atoms with Crippen molar-refractivity contribution in [2.45, 2.75) is 68.1 Å². The van der Waals surface area contributed by atoms with Gasteiger partial charge in [-0.3, -0.25) is 4.79 Å². The van der Waals surface area contributed by atoms with Gasteiger partial charge < -0.3 is 29.9 Å². The summed E-state index contributed by atoms with van der Waals surface area (Å²) in [6, 6.07) is 0. The summed E-state index contributed by atoms with van der Waals surface area (Å²) in [6.07, 6.45) is -2.84. The minimum absolute atomic E-state index is 0.208. The van der Waals surface area contributed by atoms with Crippen molar-refractivity contribution in [1.29, 1.82) is 0 Å². The summed E-state index contributed by atoms with van der Waals surface area (Å²) in [5, 5.41) is 38.8. The molecule has 2 aliphatic rings. The third-order valence-electron chi connectivity index (χ3n) is 3.98. The molecule has 0 radical (unpaired) electrons. The van der Waals surface area contributed by atoms with E-state index in [1.807, 2.05) is 21.6 Å². The zero-order valence-electron chi connectivity index (χ0n) is 12.7. The predicted molar refractivity (Wildman–Crippen MR) is 86.8 cm³/mol. The van der Waals surface area contributed by atoms with Crippen LogP contribution in [0.4, 0.5) is 0 Å². The molecule has 0 amide bonds. The summed E-state index contributed by atoms with van der Waals surface area (Å²) >= 11 is 0. The lowest BCUT2D eigenvalue weighted by Gasteiger charge is -2.39. The van der Waals surface area contributed by atoms with E-state index in [0.29, 0.717) is 11.7 Å². The standard InChI is InChI=1S/C14H24O7S2/c15-7-9-11(17)12(18)13(19)14(20-9)21-10(16)4-2-1-3-8-5-6-22-23-8/h8-9,11-15,17-19H,1-7H2/t8-,9?,11+,12+,13?,14+/m1/s1. The van der Waals surface area contributed by atoms with Gasteiger partial charge in [-0.25, -0.2) is 0 Å². The maximum Gasteiger partial charge on any atom is 0.308 e. The van der Waals surface area contributed by atoms with Gasteiger partial charge >= 0.3 is 5.97 Å². The highest BCUT2D eigenvalue weighted by Crippen LogP contribution is 2.39. The van der Waals surface area contributed by atoms with Crippen LogP contribution in [0.5, 0.6) is 0 Å². The molecule has 0 aliphatic carbocycles. The van der Waals surface area contributed by atoms with Crippen molar-refractivity contribution in [2.75, 3.05) is 12.4 Å². The van der Waals surface area contributed by atoms with E-state index in [0.717, 1.165) is 12.8 Å². The van der Waals surface area contributed by atoms with Gasteiger partial charge in [-0.05, 0) is 19.3 Å². The van der Waals surface area contributed by atoms with Gasteiger partial charge in [0.15, 0.2) is 0 Å². The van der Waals surface area contributed by atoms with E-state index in [2.05, 4.69) is 0 Å². The molecule has 6 atom stereocenters. The smallest absolute Gasteiger partial charge is 0.308 e. The van der Waals surface area contributed by atoms with Crippen molar-refractivity contribution in [3.63, 3.8) is 0 Å². The zero-order chi connectivity index (χ0) is 16.8. The molecule has 9 heteroatoms. The van der Waals surface area contributed by atoms with E-state index in [4.69, 9.17) is 14.6 Å². The van der Waals surface area contributed by atoms with Crippen LogP contribution in [-0.4, -0.2) is 74.7 Å². The van der Waals surface area contributed by atoms with Crippen LogP contribution >= 0.6 is 21.6 Å². The third kappa shape index (κ3) is 5.48. The van der Waals surface area contributed by atoms with Crippen molar-refractivity contribution >= 4 is 27.6 Å². The predicted octanol–water partition coefficient (Wildman–Crippen LogP) is 0.0436. The maximum atomic E-state index is 11.8. The summed E-state index contributed by atoms with van der Waals surface area (Å²) < 4.78 is 10.2. The fourth-order valence-corrected chi connectivity index (χ4v) is 5.59. The molecule has 23 heavy (non-hydrogen) atoms. The largest absolute Gasteiger partial charge is 0.433 e. The number of carbonyl (C=O) groups is 1. The Hall–Kier alpha value is -0.0300. The second-order valence-corrected chi connectivity index (χ2v) is 8.55. The number of hydrogen-bond acceptors (Lipinski definition) is 9. The van der Waals surface area contributed by atoms with Crippen molar-refractivity contribution in [3.8, 4) is 0 Å². The van der Waals surface area contributed by atoms with Gasteiger partial charge in [0.1, 0.15) is 24.4 Å². The number of carbonyl (C=O) groups excluding carboxylic acids is 1. The Labute approximate surface area is 143 Å². The first kappa shape index (κ1) is 19.3. The van der Waals surface area contributed by atoms with Crippen molar-refractivity contribution in [2.24, 2.45) is 0 Å². The first-order valence-corrected chi connectivity index (χ1v) is 10.2. The van der Waals surface area contributed by atoms with Crippen LogP contribution in [-0.2, 0) is 14.3 Å². The lowest BCUT2D eigenvalue weighted by Crippen LogP contribution is -2.59. The lowest BCUT2D eigenvalue weighted by molar-refractivity contribution is -0.292. The normalized spacial score (nSPS) is 37.7. The molecular weight excluding hydrogens is 344 g/mol. The molecule has 4 N–H and O–H groups in total. The number of aliphatic hydroxyl groups excluding tert-OH is 4. The molecule has 2 heterocycles. The van der Waals surface area contributed by atoms with Crippen molar-refractivity contribution < 1.29 is 34.7 Å². The molecule has 0 saturated carbocycles. The van der Waals surface area contributed by atoms with Crippen LogP contribution in [0.2, 0.25) is 0 Å². The van der Waals surface area contributed by atoms with Crippen LogP contribution < -0.4 is 0 Å². The Kier molecular flexibility index (Phi) is 7.93. The molecule has 2 fully saturated rings. The van der Waals surface area contributed by atoms with Gasteiger partial charge in [-0.1, -0.05) is 28.0 Å². The molecule has 0 aromatic heterocycles. The van der Waals surface area contributed by atoms with Crippen LogP contribution in [0.1, 0.15) is 32.1 Å². The number of aliphatic hydroxyl groups is 4. The number of ether oxygens (including phenoxy) is 2. The highest BCUT2D eigenvalue weighted by atomic mass is 33.1. The topological polar surface area (TPSA) is 116 Å². The molecular formula is C14H24O7S2. The lowest BCUT2D eigenvalue weighted by atomic mass is 9.99. The summed E-state index contributed by atoms with van der Waals surface area (Å²) in [7, 11) is 3.79. The minimum Gasteiger partial charge on any atom is -0.433 e. The molecule has 0 aromatic rings. The molecule has 2 rings (SSSR count). The average Bonchev–Trinajstić information content (AvgIpc) is 3.05. The van der Waals surface area contributed by atoms with Gasteiger partial charge in [0.2, 0.25) is 6.29 Å². The SMILES string of the molecule is O=C(CCCC[C@@H]1CCSS1)O[C@@H]1OC(CO)[C@H](O)[C@H](O)C1O. The molecule has 134 valence electrons. The zero-order valence-corrected chi connectivity index (χ0v) is 14.4. The number of unbranched alkanes of at least 4 members (excludes halogenated alkanes) is 1. The Balaban J connectivity index is 1.68. The highest BCUT2D eigenvalue weighted by Gasteiger charge is 2.45. The Bertz CT molecular complexity index is 376. The number of hydrogen-bond donors (Lipinski definition) is 4. The molecule has 0 bridgehead atoms. The van der Waals surface area contributed by atoms with E-state index in [1.54, 1.807) is 0 Å². The first-order chi connectivity index (χ1) is 11.0. The van der Waals surface area contributed by atoms with E-state index in [9.17, 15) is 20.1 Å². The summed E-state index contributed by atoms with van der Waals surface area (Å²) in [5.74, 6) is 0.664. The van der Waals surface area contributed by atoms with E-state index in [1.165, 1.54) is 12.2 Å². The summed E-state index contributed by atoms with van der Waals surface area (Å²) in [6.45, 7) is -0.546. The summed E-state index contributed by atoms with van der Waals surface area (Å²) in [5.41, 5.74) is 0. The minimum atomic E-state index is -1.54. The van der Waals surface area contributed by atoms with Gasteiger partial charge in [0, 0.05) is 17.4 Å².